The van der Waals surface area contributed by atoms with Crippen LogP contribution in [0, 0.1) is 0 Å². The number of esters is 1. The summed E-state index contributed by atoms with van der Waals surface area (Å²) < 4.78 is 8.52. The van der Waals surface area contributed by atoms with Gasteiger partial charge in [-0.25, -0.2) is 4.79 Å². The molecule has 0 atom stereocenters. The maximum atomic E-state index is 12.8. The highest BCUT2D eigenvalue weighted by Crippen LogP contribution is 2.25. The standard InChI is InChI=1S/C22H27N2O2.HI/c1-4-24(3,5-2)15-16-26-22(25)21-17-18-11-9-10-14-20(18)23(21)19-12-7-6-8-13-19;/h6-14,17H,4-5,15-16H2,1-3H3;1H/q+1;/p-1. The van der Waals surface area contributed by atoms with Crippen LogP contribution in [0.15, 0.2) is 60.7 Å². The van der Waals surface area contributed by atoms with Crippen molar-refractivity contribution in [2.24, 2.45) is 0 Å². The largest absolute Gasteiger partial charge is 1.00 e. The summed E-state index contributed by atoms with van der Waals surface area (Å²) in [5.41, 5.74) is 2.54. The van der Waals surface area contributed by atoms with Gasteiger partial charge in [0.1, 0.15) is 18.8 Å². The maximum Gasteiger partial charge on any atom is 0.355 e. The van der Waals surface area contributed by atoms with Gasteiger partial charge in [0.25, 0.3) is 0 Å². The van der Waals surface area contributed by atoms with Gasteiger partial charge in [-0.15, -0.1) is 0 Å². The third-order valence-electron chi connectivity index (χ3n) is 5.33. The van der Waals surface area contributed by atoms with Crippen molar-refractivity contribution in [2.45, 2.75) is 13.8 Å². The summed E-state index contributed by atoms with van der Waals surface area (Å²) in [6.07, 6.45) is 0. The van der Waals surface area contributed by atoms with Crippen molar-refractivity contribution in [1.29, 1.82) is 0 Å². The van der Waals surface area contributed by atoms with Gasteiger partial charge in [0.2, 0.25) is 0 Å². The summed E-state index contributed by atoms with van der Waals surface area (Å²) in [6.45, 7) is 7.63. The number of carbonyl (C=O) groups excluding carboxylic acids is 1. The first-order valence-corrected chi connectivity index (χ1v) is 9.24. The molecule has 0 saturated carbocycles. The molecule has 0 aliphatic heterocycles. The molecule has 0 N–H and O–H groups in total. The van der Waals surface area contributed by atoms with E-state index in [0.29, 0.717) is 12.3 Å². The van der Waals surface area contributed by atoms with Crippen molar-refractivity contribution >= 4 is 16.9 Å². The molecule has 1 aromatic heterocycles. The Hall–Kier alpha value is -1.86. The number of hydrogen-bond acceptors (Lipinski definition) is 2. The summed E-state index contributed by atoms with van der Waals surface area (Å²) in [5.74, 6) is -0.274. The zero-order chi connectivity index (χ0) is 18.6. The lowest BCUT2D eigenvalue weighted by Gasteiger charge is -2.31. The number of nitrogens with zero attached hydrogens (tertiary/aromatic N) is 2. The average Bonchev–Trinajstić information content (AvgIpc) is 3.08. The van der Waals surface area contributed by atoms with E-state index in [1.54, 1.807) is 0 Å². The molecule has 5 heteroatoms. The summed E-state index contributed by atoms with van der Waals surface area (Å²) in [6, 6.07) is 19.9. The van der Waals surface area contributed by atoms with E-state index in [2.05, 4.69) is 20.9 Å². The first kappa shape index (κ1) is 21.4. The first-order chi connectivity index (χ1) is 12.6. The van der Waals surface area contributed by atoms with E-state index in [1.165, 1.54) is 0 Å². The van der Waals surface area contributed by atoms with Gasteiger partial charge in [-0.2, -0.15) is 0 Å². The van der Waals surface area contributed by atoms with Crippen molar-refractivity contribution in [3.63, 3.8) is 0 Å². The van der Waals surface area contributed by atoms with Crippen molar-refractivity contribution < 1.29 is 38.0 Å². The molecule has 0 unspecified atom stereocenters. The third-order valence-corrected chi connectivity index (χ3v) is 5.33. The average molecular weight is 478 g/mol. The maximum absolute atomic E-state index is 12.8. The number of quaternary nitrogens is 1. The number of carbonyl (C=O) groups is 1. The second kappa shape index (κ2) is 9.37. The number of likely N-dealkylation sites (N-methyl/N-ethyl adjacent to an activating group) is 1. The van der Waals surface area contributed by atoms with Crippen LogP contribution in [0.1, 0.15) is 24.3 Å². The number of rotatable bonds is 7. The molecule has 3 aromatic rings. The minimum absolute atomic E-state index is 0. The minimum Gasteiger partial charge on any atom is -1.00 e. The molecule has 1 heterocycles. The molecule has 0 spiro atoms. The molecule has 27 heavy (non-hydrogen) atoms. The molecular weight excluding hydrogens is 451 g/mol. The molecule has 0 fully saturated rings. The first-order valence-electron chi connectivity index (χ1n) is 9.24. The van der Waals surface area contributed by atoms with Crippen LogP contribution in [0.25, 0.3) is 16.6 Å². The van der Waals surface area contributed by atoms with E-state index in [0.717, 1.165) is 40.7 Å². The van der Waals surface area contributed by atoms with E-state index >= 15 is 0 Å². The molecular formula is C22H27IN2O2. The van der Waals surface area contributed by atoms with Crippen molar-refractivity contribution in [3.05, 3.63) is 66.4 Å². The Labute approximate surface area is 178 Å². The fraction of sp³-hybridized carbons (Fsp3) is 0.318. The Morgan fingerprint density at radius 3 is 2.30 bits per heavy atom. The number of halogens is 1. The molecule has 0 bridgehead atoms. The fourth-order valence-electron chi connectivity index (χ4n) is 3.13. The SMILES string of the molecule is CC[N+](C)(CC)CCOC(=O)c1cc2ccccc2n1-c1ccccc1.[I-]. The highest BCUT2D eigenvalue weighted by molar-refractivity contribution is 5.97. The van der Waals surface area contributed by atoms with Gasteiger partial charge in [0.15, 0.2) is 0 Å². The molecule has 0 amide bonds. The fourth-order valence-corrected chi connectivity index (χ4v) is 3.13. The number of benzene rings is 2. The van der Waals surface area contributed by atoms with E-state index in [4.69, 9.17) is 4.74 Å². The predicted octanol–water partition coefficient (Wildman–Crippen LogP) is 1.28. The molecule has 3 rings (SSSR count). The normalized spacial score (nSPS) is 11.2. The predicted molar refractivity (Wildman–Crippen MR) is 106 cm³/mol. The summed E-state index contributed by atoms with van der Waals surface area (Å²) in [7, 11) is 2.19. The summed E-state index contributed by atoms with van der Waals surface area (Å²) in [4.78, 5) is 12.8. The highest BCUT2D eigenvalue weighted by atomic mass is 127. The van der Waals surface area contributed by atoms with Crippen LogP contribution >= 0.6 is 0 Å². The Kier molecular flexibility index (Phi) is 7.44. The number of ether oxygens (including phenoxy) is 1. The van der Waals surface area contributed by atoms with Gasteiger partial charge in [-0.3, -0.25) is 0 Å². The lowest BCUT2D eigenvalue weighted by molar-refractivity contribution is -0.906. The second-order valence-electron chi connectivity index (χ2n) is 6.87. The minimum atomic E-state index is -0.274. The van der Waals surface area contributed by atoms with E-state index in [9.17, 15) is 4.79 Å². The highest BCUT2D eigenvalue weighted by Gasteiger charge is 2.21. The number of aromatic nitrogens is 1. The van der Waals surface area contributed by atoms with Crippen LogP contribution in [-0.4, -0.2) is 48.3 Å². The Morgan fingerprint density at radius 2 is 1.63 bits per heavy atom. The van der Waals surface area contributed by atoms with Crippen molar-refractivity contribution in [1.82, 2.24) is 4.57 Å². The van der Waals surface area contributed by atoms with E-state index in [-0.39, 0.29) is 29.9 Å². The van der Waals surface area contributed by atoms with E-state index in [1.807, 2.05) is 65.2 Å². The van der Waals surface area contributed by atoms with Gasteiger partial charge < -0.3 is 37.8 Å². The van der Waals surface area contributed by atoms with Gasteiger partial charge >= 0.3 is 5.97 Å². The lowest BCUT2D eigenvalue weighted by Crippen LogP contribution is -3.00. The van der Waals surface area contributed by atoms with Crippen molar-refractivity contribution in [3.8, 4) is 5.69 Å². The number of hydrogen-bond donors (Lipinski definition) is 0. The molecule has 0 saturated heterocycles. The Morgan fingerprint density at radius 1 is 1.00 bits per heavy atom. The topological polar surface area (TPSA) is 31.2 Å². The quantitative estimate of drug-likeness (QED) is 0.291. The Bertz CT molecular complexity index is 886. The van der Waals surface area contributed by atoms with Gasteiger partial charge in [0, 0.05) is 11.1 Å². The lowest BCUT2D eigenvalue weighted by atomic mass is 10.2. The van der Waals surface area contributed by atoms with E-state index < -0.39 is 0 Å². The van der Waals surface area contributed by atoms with Crippen LogP contribution in [0.2, 0.25) is 0 Å². The molecule has 2 aromatic carbocycles. The smallest absolute Gasteiger partial charge is 0.355 e. The molecule has 0 radical (unpaired) electrons. The molecule has 0 aliphatic rings. The monoisotopic (exact) mass is 478 g/mol. The number of para-hydroxylation sites is 2. The zero-order valence-corrected chi connectivity index (χ0v) is 18.3. The van der Waals surface area contributed by atoms with Crippen molar-refractivity contribution in [2.75, 3.05) is 33.3 Å². The van der Waals surface area contributed by atoms with Crippen LogP contribution in [-0.2, 0) is 4.74 Å². The van der Waals surface area contributed by atoms with Gasteiger partial charge in [0.05, 0.1) is 25.7 Å². The second-order valence-corrected chi connectivity index (χ2v) is 6.87. The Balaban J connectivity index is 0.00000261. The number of fused-ring (bicyclic) bond motifs is 1. The van der Waals surface area contributed by atoms with Crippen LogP contribution in [0.3, 0.4) is 0 Å². The summed E-state index contributed by atoms with van der Waals surface area (Å²) >= 11 is 0. The van der Waals surface area contributed by atoms with Gasteiger partial charge in [-0.1, -0.05) is 36.4 Å². The van der Waals surface area contributed by atoms with Crippen LogP contribution < -0.4 is 24.0 Å². The van der Waals surface area contributed by atoms with Gasteiger partial charge in [-0.05, 0) is 38.1 Å². The molecule has 4 nitrogen and oxygen atoms in total. The third kappa shape index (κ3) is 4.71. The van der Waals surface area contributed by atoms with Crippen LogP contribution in [0.5, 0.6) is 0 Å². The molecule has 144 valence electrons. The van der Waals surface area contributed by atoms with Crippen LogP contribution in [0.4, 0.5) is 0 Å². The molecule has 0 aliphatic carbocycles. The summed E-state index contributed by atoms with van der Waals surface area (Å²) in [5, 5.41) is 1.03. The zero-order valence-electron chi connectivity index (χ0n) is 16.2.